The van der Waals surface area contributed by atoms with Crippen molar-refractivity contribution in [2.75, 3.05) is 0 Å². The molecule has 0 radical (unpaired) electrons. The lowest BCUT2D eigenvalue weighted by Gasteiger charge is -2.58. The van der Waals surface area contributed by atoms with Crippen LogP contribution in [-0.2, 0) is 4.74 Å². The van der Waals surface area contributed by atoms with Gasteiger partial charge in [0.1, 0.15) is 6.10 Å². The maximum absolute atomic E-state index is 12.8. The molecule has 0 aromatic heterocycles. The smallest absolute Gasteiger partial charge is 0.430 e. The van der Waals surface area contributed by atoms with E-state index in [0.29, 0.717) is 20.1 Å². The van der Waals surface area contributed by atoms with Crippen molar-refractivity contribution in [3.05, 3.63) is 37.2 Å². The minimum absolute atomic E-state index is 0.118. The predicted octanol–water partition coefficient (Wildman–Crippen LogP) is 11.9. The lowest BCUT2D eigenvalue weighted by Crippen LogP contribution is -2.51. The number of ether oxygens (including phenoxy) is 2. The molecule has 0 heterocycles. The average molecular weight is 743 g/mol. The van der Waals surface area contributed by atoms with Gasteiger partial charge < -0.3 is 9.47 Å². The molecule has 1 aromatic carbocycles. The Morgan fingerprint density at radius 2 is 1.70 bits per heavy atom. The number of fused-ring (bicyclic) bond motifs is 5. The summed E-state index contributed by atoms with van der Waals surface area (Å²) in [6.45, 7) is 12.5. The SMILES string of the molecule is CC(C)CCC[C@@H](C)[C@@H]1CC[C@@H]2[C@H]3CC=C4C[C@@H](OC(=O)Oc5c(Br)cc(Br)cc5Br)CC[C@]4(C)[C@@H]3CC[C@@]21C. The first-order valence-electron chi connectivity index (χ1n) is 15.6. The number of carbonyl (C=O) groups excluding carboxylic acids is 1. The summed E-state index contributed by atoms with van der Waals surface area (Å²) in [7, 11) is 0. The zero-order chi connectivity index (χ0) is 28.8. The van der Waals surface area contributed by atoms with Crippen LogP contribution in [0.4, 0.5) is 4.79 Å². The predicted molar refractivity (Wildman–Crippen MR) is 173 cm³/mol. The lowest BCUT2D eigenvalue weighted by atomic mass is 9.47. The number of carbonyl (C=O) groups is 1. The quantitative estimate of drug-likeness (QED) is 0.158. The summed E-state index contributed by atoms with van der Waals surface area (Å²) in [5.41, 5.74) is 2.29. The Morgan fingerprint density at radius 1 is 0.975 bits per heavy atom. The van der Waals surface area contributed by atoms with E-state index in [9.17, 15) is 4.79 Å². The van der Waals surface area contributed by atoms with Crippen LogP contribution in [0.2, 0.25) is 0 Å². The molecule has 222 valence electrons. The van der Waals surface area contributed by atoms with Gasteiger partial charge in [0.25, 0.3) is 0 Å². The third-order valence-electron chi connectivity index (χ3n) is 11.7. The van der Waals surface area contributed by atoms with E-state index in [2.05, 4.69) is 88.5 Å². The van der Waals surface area contributed by atoms with E-state index < -0.39 is 6.16 Å². The second-order valence-electron chi connectivity index (χ2n) is 14.3. The molecule has 4 aliphatic carbocycles. The van der Waals surface area contributed by atoms with E-state index in [4.69, 9.17) is 9.47 Å². The Morgan fingerprint density at radius 3 is 2.40 bits per heavy atom. The summed E-state index contributed by atoms with van der Waals surface area (Å²) in [5, 5.41) is 0. The molecule has 3 nitrogen and oxygen atoms in total. The Hall–Kier alpha value is -0.330. The number of benzene rings is 1. The molecule has 0 spiro atoms. The fourth-order valence-corrected chi connectivity index (χ4v) is 12.0. The third-order valence-corrected chi connectivity index (χ3v) is 13.3. The molecule has 4 aliphatic rings. The Labute approximate surface area is 267 Å². The highest BCUT2D eigenvalue weighted by atomic mass is 79.9. The van der Waals surface area contributed by atoms with Gasteiger partial charge in [0.2, 0.25) is 0 Å². The van der Waals surface area contributed by atoms with Crippen molar-refractivity contribution in [1.82, 2.24) is 0 Å². The van der Waals surface area contributed by atoms with Gasteiger partial charge in [-0.05, 0) is 135 Å². The van der Waals surface area contributed by atoms with Crippen molar-refractivity contribution >= 4 is 53.9 Å². The second-order valence-corrected chi connectivity index (χ2v) is 16.9. The van der Waals surface area contributed by atoms with E-state index in [1.165, 1.54) is 56.9 Å². The summed E-state index contributed by atoms with van der Waals surface area (Å²) >= 11 is 10.4. The van der Waals surface area contributed by atoms with Crippen LogP contribution in [-0.4, -0.2) is 12.3 Å². The fraction of sp³-hybridized carbons (Fsp3) is 0.735. The molecule has 1 aromatic rings. The molecule has 0 N–H and O–H groups in total. The van der Waals surface area contributed by atoms with Gasteiger partial charge in [-0.25, -0.2) is 4.79 Å². The number of allylic oxidation sites excluding steroid dienone is 1. The van der Waals surface area contributed by atoms with Crippen LogP contribution in [0.5, 0.6) is 5.75 Å². The minimum atomic E-state index is -0.625. The first-order chi connectivity index (χ1) is 18.9. The van der Waals surface area contributed by atoms with Crippen LogP contribution in [0, 0.1) is 46.3 Å². The molecule has 3 fully saturated rings. The van der Waals surface area contributed by atoms with E-state index in [0.717, 1.165) is 59.2 Å². The van der Waals surface area contributed by atoms with Crippen LogP contribution in [0.15, 0.2) is 37.2 Å². The molecule has 3 saturated carbocycles. The molecule has 0 amide bonds. The molecular weight excluding hydrogens is 696 g/mol. The largest absolute Gasteiger partial charge is 0.514 e. The lowest BCUT2D eigenvalue weighted by molar-refractivity contribution is -0.0597. The topological polar surface area (TPSA) is 35.5 Å². The highest BCUT2D eigenvalue weighted by molar-refractivity contribution is 9.11. The second kappa shape index (κ2) is 12.3. The fourth-order valence-electron chi connectivity index (χ4n) is 9.62. The van der Waals surface area contributed by atoms with Gasteiger partial charge >= 0.3 is 6.16 Å². The van der Waals surface area contributed by atoms with Crippen molar-refractivity contribution in [3.63, 3.8) is 0 Å². The highest BCUT2D eigenvalue weighted by Crippen LogP contribution is 2.67. The molecule has 0 bridgehead atoms. The average Bonchev–Trinajstić information content (AvgIpc) is 3.23. The first kappa shape index (κ1) is 31.1. The van der Waals surface area contributed by atoms with Gasteiger partial charge in [0, 0.05) is 10.9 Å². The van der Waals surface area contributed by atoms with Crippen LogP contribution in [0.1, 0.15) is 105 Å². The van der Waals surface area contributed by atoms with Crippen molar-refractivity contribution in [1.29, 1.82) is 0 Å². The Bertz CT molecular complexity index is 1110. The van der Waals surface area contributed by atoms with Crippen molar-refractivity contribution in [2.45, 2.75) is 111 Å². The van der Waals surface area contributed by atoms with E-state index in [1.807, 2.05) is 12.1 Å². The maximum Gasteiger partial charge on any atom is 0.514 e. The molecular formula is C34H47Br3O3. The third kappa shape index (κ3) is 6.03. The molecule has 5 rings (SSSR count). The molecule has 0 saturated heterocycles. The maximum atomic E-state index is 12.8. The van der Waals surface area contributed by atoms with Crippen LogP contribution < -0.4 is 4.74 Å². The number of hydrogen-bond acceptors (Lipinski definition) is 3. The van der Waals surface area contributed by atoms with Gasteiger partial charge in [-0.2, -0.15) is 0 Å². The van der Waals surface area contributed by atoms with Gasteiger partial charge in [-0.1, -0.05) is 81.5 Å². The van der Waals surface area contributed by atoms with Gasteiger partial charge in [0.05, 0.1) is 8.95 Å². The monoisotopic (exact) mass is 740 g/mol. The standard InChI is InChI=1S/C34H47Br3O3/c1-20(2)7-6-8-21(3)26-11-12-27-25-10-9-22-17-24(13-15-33(22,4)28(25)14-16-34(26,27)5)39-32(38)40-31-29(36)18-23(35)19-30(31)37/h9,18-21,24-28H,6-8,10-17H2,1-5H3/t21-,24+,25-,26+,27-,28-,33+,34-/m1/s1. The molecule has 6 heteroatoms. The van der Waals surface area contributed by atoms with Crippen LogP contribution >= 0.6 is 47.8 Å². The molecule has 8 atom stereocenters. The summed E-state index contributed by atoms with van der Waals surface area (Å²) in [6.07, 6.45) is 15.7. The molecule has 0 unspecified atom stereocenters. The molecule has 0 aliphatic heterocycles. The highest BCUT2D eigenvalue weighted by Gasteiger charge is 2.59. The van der Waals surface area contributed by atoms with E-state index >= 15 is 0 Å². The van der Waals surface area contributed by atoms with E-state index in [-0.39, 0.29) is 11.5 Å². The summed E-state index contributed by atoms with van der Waals surface area (Å²) in [4.78, 5) is 12.8. The van der Waals surface area contributed by atoms with Crippen LogP contribution in [0.3, 0.4) is 0 Å². The number of rotatable bonds is 7. The van der Waals surface area contributed by atoms with Crippen molar-refractivity contribution < 1.29 is 14.3 Å². The first-order valence-corrected chi connectivity index (χ1v) is 18.0. The Balaban J connectivity index is 1.23. The summed E-state index contributed by atoms with van der Waals surface area (Å²) in [5.74, 6) is 5.46. The number of hydrogen-bond donors (Lipinski definition) is 0. The summed E-state index contributed by atoms with van der Waals surface area (Å²) < 4.78 is 13.8. The van der Waals surface area contributed by atoms with E-state index in [1.54, 1.807) is 0 Å². The minimum Gasteiger partial charge on any atom is -0.430 e. The molecule has 40 heavy (non-hydrogen) atoms. The normalized spacial score (nSPS) is 35.8. The van der Waals surface area contributed by atoms with Gasteiger partial charge in [0.15, 0.2) is 5.75 Å². The summed E-state index contributed by atoms with van der Waals surface area (Å²) in [6, 6.07) is 3.72. The van der Waals surface area contributed by atoms with Crippen LogP contribution in [0.25, 0.3) is 0 Å². The zero-order valence-electron chi connectivity index (χ0n) is 24.9. The van der Waals surface area contributed by atoms with Crippen molar-refractivity contribution in [3.8, 4) is 5.75 Å². The zero-order valence-corrected chi connectivity index (χ0v) is 29.7. The number of halogens is 3. The van der Waals surface area contributed by atoms with Crippen molar-refractivity contribution in [2.24, 2.45) is 46.3 Å². The van der Waals surface area contributed by atoms with Gasteiger partial charge in [-0.15, -0.1) is 0 Å². The Kier molecular flexibility index (Phi) is 9.60. The van der Waals surface area contributed by atoms with Gasteiger partial charge in [-0.3, -0.25) is 0 Å².